The van der Waals surface area contributed by atoms with Crippen molar-refractivity contribution in [3.05, 3.63) is 40.7 Å². The van der Waals surface area contributed by atoms with Crippen LogP contribution in [0.4, 0.5) is 0 Å². The van der Waals surface area contributed by atoms with Gasteiger partial charge in [-0.2, -0.15) is 5.10 Å². The first-order valence-corrected chi connectivity index (χ1v) is 7.36. The van der Waals surface area contributed by atoms with Gasteiger partial charge in [0.15, 0.2) is 0 Å². The van der Waals surface area contributed by atoms with E-state index in [2.05, 4.69) is 15.4 Å². The van der Waals surface area contributed by atoms with Crippen LogP contribution in [0.25, 0.3) is 5.13 Å². The number of rotatable bonds is 5. The molecule has 0 aliphatic heterocycles. The van der Waals surface area contributed by atoms with Gasteiger partial charge in [0, 0.05) is 24.0 Å². The maximum Gasteiger partial charge on any atom is 0.243 e. The zero-order valence-electron chi connectivity index (χ0n) is 11.9. The van der Waals surface area contributed by atoms with Gasteiger partial charge < -0.3 is 5.32 Å². The third-order valence-corrected chi connectivity index (χ3v) is 3.59. The Bertz CT molecular complexity index is 627. The summed E-state index contributed by atoms with van der Waals surface area (Å²) in [5.41, 5.74) is 3.03. The molecule has 106 valence electrons. The molecular weight excluding hydrogens is 272 g/mol. The monoisotopic (exact) mass is 290 g/mol. The van der Waals surface area contributed by atoms with Gasteiger partial charge in [-0.1, -0.05) is 6.08 Å². The van der Waals surface area contributed by atoms with Gasteiger partial charge in [0.1, 0.15) is 0 Å². The number of hydrogen-bond acceptors (Lipinski definition) is 4. The minimum atomic E-state index is -0.0681. The summed E-state index contributed by atoms with van der Waals surface area (Å²) in [6, 6.07) is 2.03. The Hall–Kier alpha value is -1.95. The van der Waals surface area contributed by atoms with Crippen molar-refractivity contribution < 1.29 is 4.79 Å². The lowest BCUT2D eigenvalue weighted by atomic mass is 10.3. The van der Waals surface area contributed by atoms with E-state index in [1.165, 1.54) is 6.08 Å². The minimum Gasteiger partial charge on any atom is -0.352 e. The first kappa shape index (κ1) is 14.5. The van der Waals surface area contributed by atoms with Crippen LogP contribution in [-0.4, -0.2) is 27.2 Å². The van der Waals surface area contributed by atoms with E-state index < -0.39 is 0 Å². The summed E-state index contributed by atoms with van der Waals surface area (Å²) < 4.78 is 1.85. The van der Waals surface area contributed by atoms with E-state index in [4.69, 9.17) is 0 Å². The van der Waals surface area contributed by atoms with Crippen LogP contribution in [0.1, 0.15) is 24.0 Å². The van der Waals surface area contributed by atoms with Crippen molar-refractivity contribution in [3.63, 3.8) is 0 Å². The molecule has 2 rings (SSSR count). The molecule has 20 heavy (non-hydrogen) atoms. The molecule has 0 bridgehead atoms. The molecule has 0 aliphatic rings. The maximum atomic E-state index is 11.3. The fraction of sp³-hybridized carbons (Fsp3) is 0.357. The molecule has 5 nitrogen and oxygen atoms in total. The number of aromatic nitrogens is 3. The van der Waals surface area contributed by atoms with Crippen LogP contribution in [-0.2, 0) is 11.2 Å². The van der Waals surface area contributed by atoms with Crippen LogP contribution in [0.3, 0.4) is 0 Å². The molecule has 2 aromatic rings. The van der Waals surface area contributed by atoms with Crippen LogP contribution in [0.2, 0.25) is 0 Å². The van der Waals surface area contributed by atoms with Crippen molar-refractivity contribution >= 4 is 17.2 Å². The normalized spacial score (nSPS) is 11.2. The molecule has 0 spiro atoms. The summed E-state index contributed by atoms with van der Waals surface area (Å²) in [5, 5.41) is 10.1. The van der Waals surface area contributed by atoms with Crippen molar-refractivity contribution in [3.8, 4) is 5.13 Å². The third kappa shape index (κ3) is 3.54. The summed E-state index contributed by atoms with van der Waals surface area (Å²) >= 11 is 1.56. The SMILES string of the molecule is C/C=C/C(=O)NCCc1csc(-n2nc(C)cc2C)n1. The molecule has 0 aliphatic carbocycles. The van der Waals surface area contributed by atoms with Crippen LogP contribution in [0.15, 0.2) is 23.6 Å². The molecule has 1 N–H and O–H groups in total. The van der Waals surface area contributed by atoms with E-state index in [9.17, 15) is 4.79 Å². The lowest BCUT2D eigenvalue weighted by molar-refractivity contribution is -0.116. The largest absolute Gasteiger partial charge is 0.352 e. The number of hydrogen-bond donors (Lipinski definition) is 1. The lowest BCUT2D eigenvalue weighted by Crippen LogP contribution is -2.23. The zero-order valence-corrected chi connectivity index (χ0v) is 12.7. The van der Waals surface area contributed by atoms with Gasteiger partial charge in [0.2, 0.25) is 11.0 Å². The summed E-state index contributed by atoms with van der Waals surface area (Å²) in [6.07, 6.45) is 3.96. The number of thiazole rings is 1. The van der Waals surface area contributed by atoms with E-state index >= 15 is 0 Å². The number of carbonyl (C=O) groups is 1. The average Bonchev–Trinajstić information content (AvgIpc) is 2.96. The second-order valence-electron chi connectivity index (χ2n) is 4.50. The van der Waals surface area contributed by atoms with Gasteiger partial charge in [0.25, 0.3) is 0 Å². The average molecular weight is 290 g/mol. The zero-order chi connectivity index (χ0) is 14.5. The van der Waals surface area contributed by atoms with Crippen molar-refractivity contribution in [2.75, 3.05) is 6.54 Å². The van der Waals surface area contributed by atoms with E-state index in [0.717, 1.165) is 28.6 Å². The Morgan fingerprint density at radius 3 is 2.95 bits per heavy atom. The molecule has 1 amide bonds. The molecule has 0 fully saturated rings. The fourth-order valence-corrected chi connectivity index (χ4v) is 2.72. The molecular formula is C14H18N4OS. The third-order valence-electron chi connectivity index (χ3n) is 2.73. The number of nitrogens with zero attached hydrogens (tertiary/aromatic N) is 3. The Labute approximate surface area is 122 Å². The first-order valence-electron chi connectivity index (χ1n) is 6.48. The lowest BCUT2D eigenvalue weighted by Gasteiger charge is -2.00. The summed E-state index contributed by atoms with van der Waals surface area (Å²) in [4.78, 5) is 15.8. The highest BCUT2D eigenvalue weighted by atomic mass is 32.1. The number of allylic oxidation sites excluding steroid dienone is 1. The Morgan fingerprint density at radius 1 is 1.50 bits per heavy atom. The predicted molar refractivity (Wildman–Crippen MR) is 80.2 cm³/mol. The topological polar surface area (TPSA) is 59.8 Å². The number of carbonyl (C=O) groups excluding carboxylic acids is 1. The highest BCUT2D eigenvalue weighted by Crippen LogP contribution is 2.17. The Balaban J connectivity index is 1.96. The second-order valence-corrected chi connectivity index (χ2v) is 5.34. The van der Waals surface area contributed by atoms with E-state index in [1.54, 1.807) is 17.4 Å². The first-order chi connectivity index (χ1) is 9.60. The van der Waals surface area contributed by atoms with Gasteiger partial charge in [-0.25, -0.2) is 9.67 Å². The number of aryl methyl sites for hydroxylation is 2. The van der Waals surface area contributed by atoms with E-state index in [1.807, 2.05) is 36.9 Å². The Kier molecular flexibility index (Phi) is 4.68. The van der Waals surface area contributed by atoms with E-state index in [-0.39, 0.29) is 5.91 Å². The summed E-state index contributed by atoms with van der Waals surface area (Å²) in [7, 11) is 0. The van der Waals surface area contributed by atoms with Crippen LogP contribution in [0.5, 0.6) is 0 Å². The van der Waals surface area contributed by atoms with Crippen molar-refractivity contribution in [2.24, 2.45) is 0 Å². The van der Waals surface area contributed by atoms with Gasteiger partial charge in [0.05, 0.1) is 11.4 Å². The highest BCUT2D eigenvalue weighted by Gasteiger charge is 2.08. The molecule has 0 unspecified atom stereocenters. The van der Waals surface area contributed by atoms with Crippen molar-refractivity contribution in [1.29, 1.82) is 0 Å². The van der Waals surface area contributed by atoms with Gasteiger partial charge in [-0.3, -0.25) is 4.79 Å². The molecule has 0 atom stereocenters. The highest BCUT2D eigenvalue weighted by molar-refractivity contribution is 7.12. The Morgan fingerprint density at radius 2 is 2.30 bits per heavy atom. The standard InChI is InChI=1S/C14H18N4OS/c1-4-5-13(19)15-7-6-12-9-20-14(16-12)18-11(3)8-10(2)17-18/h4-5,8-9H,6-7H2,1-3H3,(H,15,19)/b5-4+. The minimum absolute atomic E-state index is 0.0681. The molecule has 2 heterocycles. The molecule has 6 heteroatoms. The van der Waals surface area contributed by atoms with Gasteiger partial charge >= 0.3 is 0 Å². The second kappa shape index (κ2) is 6.47. The van der Waals surface area contributed by atoms with Gasteiger partial charge in [-0.15, -0.1) is 11.3 Å². The molecule has 0 radical (unpaired) electrons. The molecule has 0 aromatic carbocycles. The van der Waals surface area contributed by atoms with Crippen LogP contribution < -0.4 is 5.32 Å². The predicted octanol–water partition coefficient (Wildman–Crippen LogP) is 2.18. The van der Waals surface area contributed by atoms with Crippen LogP contribution >= 0.6 is 11.3 Å². The summed E-state index contributed by atoms with van der Waals surface area (Å²) in [5.74, 6) is -0.0681. The molecule has 0 saturated heterocycles. The maximum absolute atomic E-state index is 11.3. The number of amides is 1. The smallest absolute Gasteiger partial charge is 0.243 e. The van der Waals surface area contributed by atoms with Crippen molar-refractivity contribution in [1.82, 2.24) is 20.1 Å². The number of nitrogens with one attached hydrogen (secondary N) is 1. The van der Waals surface area contributed by atoms with Gasteiger partial charge in [-0.05, 0) is 32.9 Å². The van der Waals surface area contributed by atoms with Crippen LogP contribution in [0, 0.1) is 13.8 Å². The molecule has 2 aromatic heterocycles. The van der Waals surface area contributed by atoms with E-state index in [0.29, 0.717) is 6.54 Å². The fourth-order valence-electron chi connectivity index (χ4n) is 1.86. The summed E-state index contributed by atoms with van der Waals surface area (Å²) in [6.45, 7) is 6.39. The quantitative estimate of drug-likeness (QED) is 0.859. The molecule has 0 saturated carbocycles. The van der Waals surface area contributed by atoms with Crippen molar-refractivity contribution in [2.45, 2.75) is 27.2 Å².